The second-order valence-electron chi connectivity index (χ2n) is 5.74. The van der Waals surface area contributed by atoms with E-state index in [1.807, 2.05) is 0 Å². The Morgan fingerprint density at radius 1 is 0.500 bits per heavy atom. The maximum Gasteiger partial charge on any atom is 0.00888 e. The molecule has 0 saturated heterocycles. The van der Waals surface area contributed by atoms with Crippen molar-refractivity contribution in [2.45, 2.75) is 51.4 Å². The van der Waals surface area contributed by atoms with Crippen LogP contribution >= 0.6 is 0 Å². The monoisotopic (exact) mass is 290 g/mol. The predicted molar refractivity (Wildman–Crippen MR) is 95.8 cm³/mol. The number of rotatable bonds is 8. The minimum atomic E-state index is 1.05. The molecule has 0 unspecified atom stereocenters. The summed E-state index contributed by atoms with van der Waals surface area (Å²) in [6.45, 7) is 0. The van der Waals surface area contributed by atoms with Gasteiger partial charge in [0, 0.05) is 12.8 Å². The van der Waals surface area contributed by atoms with Crippen molar-refractivity contribution in [1.29, 1.82) is 0 Å². The molecule has 22 heavy (non-hydrogen) atoms. The summed E-state index contributed by atoms with van der Waals surface area (Å²) in [5, 5.41) is 0. The number of benzene rings is 2. The van der Waals surface area contributed by atoms with Crippen molar-refractivity contribution in [2.24, 2.45) is 0 Å². The van der Waals surface area contributed by atoms with Crippen LogP contribution in [-0.2, 0) is 12.8 Å². The summed E-state index contributed by atoms with van der Waals surface area (Å²) in [6, 6.07) is 21.4. The maximum absolute atomic E-state index is 3.32. The summed E-state index contributed by atoms with van der Waals surface area (Å²) in [5.41, 5.74) is 2.88. The predicted octanol–water partition coefficient (Wildman–Crippen LogP) is 5.82. The lowest BCUT2D eigenvalue weighted by Crippen LogP contribution is -1.85. The molecule has 0 heteroatoms. The summed E-state index contributed by atoms with van der Waals surface area (Å²) < 4.78 is 0. The van der Waals surface area contributed by atoms with Crippen LogP contribution in [0.5, 0.6) is 0 Å². The first-order valence-corrected chi connectivity index (χ1v) is 8.49. The molecule has 0 aromatic heterocycles. The van der Waals surface area contributed by atoms with Gasteiger partial charge in [0.1, 0.15) is 0 Å². The van der Waals surface area contributed by atoms with E-state index in [9.17, 15) is 0 Å². The maximum atomic E-state index is 3.32. The molecule has 0 saturated carbocycles. The number of hydrogen-bond acceptors (Lipinski definition) is 0. The summed E-state index contributed by atoms with van der Waals surface area (Å²) in [5.74, 6) is 6.64. The highest BCUT2D eigenvalue weighted by Crippen LogP contribution is 2.07. The van der Waals surface area contributed by atoms with Crippen LogP contribution in [0, 0.1) is 11.8 Å². The smallest absolute Gasteiger partial charge is 0.00888 e. The van der Waals surface area contributed by atoms with Gasteiger partial charge in [0.25, 0.3) is 0 Å². The van der Waals surface area contributed by atoms with E-state index in [0.717, 1.165) is 12.8 Å². The third kappa shape index (κ3) is 7.14. The summed E-state index contributed by atoms with van der Waals surface area (Å²) in [6.07, 6.45) is 9.37. The normalized spacial score (nSPS) is 10.0. The van der Waals surface area contributed by atoms with Gasteiger partial charge in [-0.3, -0.25) is 0 Å². The van der Waals surface area contributed by atoms with Gasteiger partial charge in [-0.15, -0.1) is 11.8 Å². The third-order valence-electron chi connectivity index (χ3n) is 3.85. The first-order chi connectivity index (χ1) is 10.9. The molecule has 0 heterocycles. The Labute approximate surface area is 135 Å². The molecule has 0 radical (unpaired) electrons. The van der Waals surface area contributed by atoms with Crippen molar-refractivity contribution in [1.82, 2.24) is 0 Å². The van der Waals surface area contributed by atoms with Gasteiger partial charge < -0.3 is 0 Å². The number of unbranched alkanes of at least 4 members (excludes halogenated alkanes) is 4. The van der Waals surface area contributed by atoms with Crippen LogP contribution in [0.2, 0.25) is 0 Å². The van der Waals surface area contributed by atoms with Crippen molar-refractivity contribution in [3.05, 3.63) is 71.8 Å². The minimum Gasteiger partial charge on any atom is -0.103 e. The zero-order valence-corrected chi connectivity index (χ0v) is 13.4. The minimum absolute atomic E-state index is 1.05. The Bertz CT molecular complexity index is 506. The second kappa shape index (κ2) is 10.7. The van der Waals surface area contributed by atoms with E-state index in [0.29, 0.717) is 0 Å². The van der Waals surface area contributed by atoms with Gasteiger partial charge in [-0.1, -0.05) is 60.7 Å². The quantitative estimate of drug-likeness (QED) is 0.425. The van der Waals surface area contributed by atoms with Crippen LogP contribution < -0.4 is 0 Å². The van der Waals surface area contributed by atoms with E-state index >= 15 is 0 Å². The Morgan fingerprint density at radius 3 is 1.32 bits per heavy atom. The van der Waals surface area contributed by atoms with Gasteiger partial charge in [0.05, 0.1) is 0 Å². The van der Waals surface area contributed by atoms with Crippen molar-refractivity contribution in [3.63, 3.8) is 0 Å². The highest BCUT2D eigenvalue weighted by molar-refractivity contribution is 5.15. The SMILES string of the molecule is C(#CCCCCc1ccccc1)CCCCc1ccccc1. The van der Waals surface area contributed by atoms with Gasteiger partial charge in [0.15, 0.2) is 0 Å². The molecule has 2 aromatic rings. The van der Waals surface area contributed by atoms with Gasteiger partial charge in [0.2, 0.25) is 0 Å². The van der Waals surface area contributed by atoms with Crippen LogP contribution in [-0.4, -0.2) is 0 Å². The first-order valence-electron chi connectivity index (χ1n) is 8.49. The second-order valence-corrected chi connectivity index (χ2v) is 5.74. The standard InChI is InChI=1S/C22H26/c1(3-5-9-15-21-17-11-7-12-18-21)2-4-6-10-16-22-19-13-8-14-20-22/h7-8,11-14,17-20H,3-6,9-10,15-16H2. The molecular weight excluding hydrogens is 264 g/mol. The van der Waals surface area contributed by atoms with Gasteiger partial charge in [-0.2, -0.15) is 0 Å². The fraction of sp³-hybridized carbons (Fsp3) is 0.364. The average molecular weight is 290 g/mol. The van der Waals surface area contributed by atoms with E-state index in [-0.39, 0.29) is 0 Å². The first kappa shape index (κ1) is 16.4. The molecule has 0 aliphatic heterocycles. The topological polar surface area (TPSA) is 0 Å². The van der Waals surface area contributed by atoms with Crippen LogP contribution in [0.15, 0.2) is 60.7 Å². The molecule has 0 N–H and O–H groups in total. The summed E-state index contributed by atoms with van der Waals surface area (Å²) >= 11 is 0. The molecule has 2 aromatic carbocycles. The highest BCUT2D eigenvalue weighted by atomic mass is 14.0. The van der Waals surface area contributed by atoms with E-state index in [1.54, 1.807) is 0 Å². The molecule has 2 rings (SSSR count). The zero-order valence-electron chi connectivity index (χ0n) is 13.4. The Morgan fingerprint density at radius 2 is 0.909 bits per heavy atom. The number of hydrogen-bond donors (Lipinski definition) is 0. The van der Waals surface area contributed by atoms with Gasteiger partial charge in [-0.05, 0) is 49.7 Å². The van der Waals surface area contributed by atoms with Gasteiger partial charge >= 0.3 is 0 Å². The molecule has 114 valence electrons. The molecule has 0 spiro atoms. The average Bonchev–Trinajstić information content (AvgIpc) is 2.58. The van der Waals surface area contributed by atoms with E-state index in [2.05, 4.69) is 72.5 Å². The van der Waals surface area contributed by atoms with Crippen LogP contribution in [0.4, 0.5) is 0 Å². The van der Waals surface area contributed by atoms with Crippen molar-refractivity contribution >= 4 is 0 Å². The van der Waals surface area contributed by atoms with Crippen molar-refractivity contribution < 1.29 is 0 Å². The molecule has 0 bridgehead atoms. The summed E-state index contributed by atoms with van der Waals surface area (Å²) in [4.78, 5) is 0. The Hall–Kier alpha value is -2.00. The summed E-state index contributed by atoms with van der Waals surface area (Å²) in [7, 11) is 0. The molecule has 0 fully saturated rings. The van der Waals surface area contributed by atoms with Crippen LogP contribution in [0.3, 0.4) is 0 Å². The highest BCUT2D eigenvalue weighted by Gasteiger charge is 1.92. The zero-order chi connectivity index (χ0) is 15.3. The van der Waals surface area contributed by atoms with E-state index < -0.39 is 0 Å². The van der Waals surface area contributed by atoms with Crippen molar-refractivity contribution in [3.8, 4) is 11.8 Å². The third-order valence-corrected chi connectivity index (χ3v) is 3.85. The number of aryl methyl sites for hydroxylation is 2. The lowest BCUT2D eigenvalue weighted by atomic mass is 10.1. The van der Waals surface area contributed by atoms with Crippen molar-refractivity contribution in [2.75, 3.05) is 0 Å². The fourth-order valence-corrected chi connectivity index (χ4v) is 2.55. The van der Waals surface area contributed by atoms with Gasteiger partial charge in [-0.25, -0.2) is 0 Å². The molecule has 0 atom stereocenters. The van der Waals surface area contributed by atoms with E-state index in [4.69, 9.17) is 0 Å². The molecule has 0 amide bonds. The largest absolute Gasteiger partial charge is 0.103 e. The molecule has 0 nitrogen and oxygen atoms in total. The van der Waals surface area contributed by atoms with E-state index in [1.165, 1.54) is 49.7 Å². The lowest BCUT2D eigenvalue weighted by Gasteiger charge is -1.99. The molecule has 0 aliphatic rings. The molecular formula is C22H26. The lowest BCUT2D eigenvalue weighted by molar-refractivity contribution is 0.748. The molecule has 0 aliphatic carbocycles. The Balaban J connectivity index is 1.46. The van der Waals surface area contributed by atoms with Crippen LogP contribution in [0.1, 0.15) is 49.7 Å². The fourth-order valence-electron chi connectivity index (χ4n) is 2.55. The Kier molecular flexibility index (Phi) is 7.95. The van der Waals surface area contributed by atoms with Crippen LogP contribution in [0.25, 0.3) is 0 Å².